The molecule has 2 rings (SSSR count). The largest absolute Gasteiger partial charge is 0.448 e. The van der Waals surface area contributed by atoms with Crippen molar-refractivity contribution in [1.29, 1.82) is 0 Å². The Bertz CT molecular complexity index is 412. The number of alkyl halides is 1. The van der Waals surface area contributed by atoms with Crippen LogP contribution in [0.4, 0.5) is 4.39 Å². The van der Waals surface area contributed by atoms with Gasteiger partial charge in [0.25, 0.3) is 0 Å². The van der Waals surface area contributed by atoms with Gasteiger partial charge in [-0.25, -0.2) is 4.39 Å². The second-order valence-corrected chi connectivity index (χ2v) is 5.89. The molecule has 0 saturated carbocycles. The quantitative estimate of drug-likeness (QED) is 0.779. The minimum atomic E-state index is -1.10. The van der Waals surface area contributed by atoms with Crippen molar-refractivity contribution >= 4 is 17.7 Å². The van der Waals surface area contributed by atoms with Gasteiger partial charge in [0.05, 0.1) is 13.2 Å². The van der Waals surface area contributed by atoms with Gasteiger partial charge in [0.15, 0.2) is 5.44 Å². The molecule has 19 heavy (non-hydrogen) atoms. The number of carbonyl (C=O) groups excluding carboxylic acids is 1. The summed E-state index contributed by atoms with van der Waals surface area (Å²) in [7, 11) is 0. The van der Waals surface area contributed by atoms with Crippen molar-refractivity contribution in [3.63, 3.8) is 0 Å². The molecular weight excluding hydrogens is 267 g/mol. The summed E-state index contributed by atoms with van der Waals surface area (Å²) in [5, 5.41) is 0.0445. The zero-order valence-electron chi connectivity index (χ0n) is 10.8. The molecule has 0 N–H and O–H groups in total. The normalized spacial score (nSPS) is 26.3. The SMILES string of the molecule is CC(=O)O[C@@H]1S[C@H](COCc2ccccc2)CC1F. The molecule has 1 unspecified atom stereocenters. The van der Waals surface area contributed by atoms with Crippen LogP contribution < -0.4 is 0 Å². The number of rotatable bonds is 5. The third-order valence-corrected chi connectivity index (χ3v) is 4.18. The Morgan fingerprint density at radius 2 is 2.16 bits per heavy atom. The van der Waals surface area contributed by atoms with Crippen molar-refractivity contribution in [2.75, 3.05) is 6.61 Å². The number of ether oxygens (including phenoxy) is 2. The van der Waals surface area contributed by atoms with Crippen molar-refractivity contribution in [3.05, 3.63) is 35.9 Å². The highest BCUT2D eigenvalue weighted by molar-refractivity contribution is 8.00. The van der Waals surface area contributed by atoms with Gasteiger partial charge < -0.3 is 9.47 Å². The number of benzene rings is 1. The van der Waals surface area contributed by atoms with E-state index in [1.807, 2.05) is 30.3 Å². The maximum atomic E-state index is 13.6. The van der Waals surface area contributed by atoms with Gasteiger partial charge in [-0.1, -0.05) is 30.3 Å². The van der Waals surface area contributed by atoms with Gasteiger partial charge in [-0.05, 0) is 12.0 Å². The predicted octanol–water partition coefficient (Wildman–Crippen LogP) is 2.94. The summed E-state index contributed by atoms with van der Waals surface area (Å²) in [6.45, 7) is 2.29. The number of hydrogen-bond donors (Lipinski definition) is 0. The van der Waals surface area contributed by atoms with Crippen molar-refractivity contribution in [2.45, 2.75) is 36.8 Å². The standard InChI is InChI=1S/C14H17FO3S/c1-10(16)18-14-13(15)7-12(19-14)9-17-8-11-5-3-2-4-6-11/h2-6,12-14H,7-9H2,1H3/t12-,13?,14+/m0/s1. The maximum absolute atomic E-state index is 13.6. The van der Waals surface area contributed by atoms with E-state index in [9.17, 15) is 9.18 Å². The van der Waals surface area contributed by atoms with E-state index in [0.29, 0.717) is 19.6 Å². The molecule has 1 aromatic rings. The van der Waals surface area contributed by atoms with E-state index in [1.165, 1.54) is 18.7 Å². The first-order chi connectivity index (χ1) is 9.15. The zero-order chi connectivity index (χ0) is 13.7. The fourth-order valence-corrected chi connectivity index (χ4v) is 3.27. The smallest absolute Gasteiger partial charge is 0.303 e. The van der Waals surface area contributed by atoms with Crippen LogP contribution in [0.2, 0.25) is 0 Å². The third kappa shape index (κ3) is 4.51. The van der Waals surface area contributed by atoms with Gasteiger partial charge in [0.2, 0.25) is 0 Å². The van der Waals surface area contributed by atoms with Crippen LogP contribution in [-0.2, 0) is 20.9 Å². The Labute approximate surface area is 116 Å². The highest BCUT2D eigenvalue weighted by Gasteiger charge is 2.37. The number of hydrogen-bond acceptors (Lipinski definition) is 4. The Hall–Kier alpha value is -1.07. The molecule has 5 heteroatoms. The lowest BCUT2D eigenvalue weighted by atomic mass is 10.2. The molecule has 1 fully saturated rings. The van der Waals surface area contributed by atoms with Crippen LogP contribution in [-0.4, -0.2) is 29.4 Å². The lowest BCUT2D eigenvalue weighted by Gasteiger charge is -2.12. The van der Waals surface area contributed by atoms with E-state index in [1.54, 1.807) is 0 Å². The molecule has 1 aliphatic heterocycles. The van der Waals surface area contributed by atoms with Crippen LogP contribution in [0.3, 0.4) is 0 Å². The fraction of sp³-hybridized carbons (Fsp3) is 0.500. The Morgan fingerprint density at radius 1 is 1.42 bits per heavy atom. The molecule has 104 valence electrons. The number of thioether (sulfide) groups is 1. The first-order valence-electron chi connectivity index (χ1n) is 6.23. The Kier molecular flexibility index (Phi) is 5.22. The molecule has 0 amide bonds. The van der Waals surface area contributed by atoms with Crippen LogP contribution in [0.15, 0.2) is 30.3 Å². The van der Waals surface area contributed by atoms with Crippen LogP contribution in [0.25, 0.3) is 0 Å². The molecule has 0 radical (unpaired) electrons. The number of carbonyl (C=O) groups is 1. The highest BCUT2D eigenvalue weighted by Crippen LogP contribution is 2.37. The summed E-state index contributed by atoms with van der Waals surface area (Å²) in [5.41, 5.74) is 0.418. The van der Waals surface area contributed by atoms with E-state index in [0.717, 1.165) is 5.56 Å². The van der Waals surface area contributed by atoms with Gasteiger partial charge >= 0.3 is 5.97 Å². The lowest BCUT2D eigenvalue weighted by Crippen LogP contribution is -2.18. The van der Waals surface area contributed by atoms with Gasteiger partial charge in [-0.2, -0.15) is 0 Å². The number of esters is 1. The van der Waals surface area contributed by atoms with Crippen LogP contribution in [0.1, 0.15) is 18.9 Å². The molecule has 1 saturated heterocycles. The van der Waals surface area contributed by atoms with Crippen molar-refractivity contribution in [1.82, 2.24) is 0 Å². The van der Waals surface area contributed by atoms with Crippen LogP contribution in [0, 0.1) is 0 Å². The summed E-state index contributed by atoms with van der Waals surface area (Å²) in [5.74, 6) is -0.439. The molecule has 0 bridgehead atoms. The van der Waals surface area contributed by atoms with Gasteiger partial charge in [0, 0.05) is 12.2 Å². The monoisotopic (exact) mass is 284 g/mol. The van der Waals surface area contributed by atoms with Crippen LogP contribution in [0.5, 0.6) is 0 Å². The molecule has 1 aromatic carbocycles. The number of halogens is 1. The first-order valence-corrected chi connectivity index (χ1v) is 7.18. The Morgan fingerprint density at radius 3 is 2.84 bits per heavy atom. The summed E-state index contributed by atoms with van der Waals surface area (Å²) in [4.78, 5) is 10.8. The molecule has 0 spiro atoms. The molecule has 1 heterocycles. The van der Waals surface area contributed by atoms with E-state index in [2.05, 4.69) is 0 Å². The molecular formula is C14H17FO3S. The second kappa shape index (κ2) is 6.91. The van der Waals surface area contributed by atoms with Gasteiger partial charge in [-0.3, -0.25) is 4.79 Å². The van der Waals surface area contributed by atoms with E-state index in [4.69, 9.17) is 9.47 Å². The second-order valence-electron chi connectivity index (χ2n) is 4.49. The van der Waals surface area contributed by atoms with Crippen molar-refractivity contribution in [2.24, 2.45) is 0 Å². The molecule has 3 nitrogen and oxygen atoms in total. The topological polar surface area (TPSA) is 35.5 Å². The molecule has 1 aliphatic rings. The Balaban J connectivity index is 1.71. The maximum Gasteiger partial charge on any atom is 0.303 e. The summed E-state index contributed by atoms with van der Waals surface area (Å²) in [6, 6.07) is 9.84. The molecule has 0 aliphatic carbocycles. The fourth-order valence-electron chi connectivity index (χ4n) is 1.95. The minimum absolute atomic E-state index is 0.0445. The molecule has 0 aromatic heterocycles. The predicted molar refractivity (Wildman–Crippen MR) is 72.5 cm³/mol. The first kappa shape index (κ1) is 14.3. The minimum Gasteiger partial charge on any atom is -0.448 e. The summed E-state index contributed by atoms with van der Waals surface area (Å²) < 4.78 is 24.1. The van der Waals surface area contributed by atoms with Gasteiger partial charge in [-0.15, -0.1) is 11.8 Å². The summed E-state index contributed by atoms with van der Waals surface area (Å²) >= 11 is 1.34. The average molecular weight is 284 g/mol. The van der Waals surface area contributed by atoms with E-state index < -0.39 is 17.6 Å². The summed E-state index contributed by atoms with van der Waals surface area (Å²) in [6.07, 6.45) is -0.726. The highest BCUT2D eigenvalue weighted by atomic mass is 32.2. The lowest BCUT2D eigenvalue weighted by molar-refractivity contribution is -0.144. The molecule has 3 atom stereocenters. The van der Waals surface area contributed by atoms with Crippen molar-refractivity contribution in [3.8, 4) is 0 Å². The van der Waals surface area contributed by atoms with Crippen LogP contribution >= 0.6 is 11.8 Å². The van der Waals surface area contributed by atoms with E-state index in [-0.39, 0.29) is 5.25 Å². The van der Waals surface area contributed by atoms with Gasteiger partial charge in [0.1, 0.15) is 6.17 Å². The average Bonchev–Trinajstić information content (AvgIpc) is 2.70. The third-order valence-electron chi connectivity index (χ3n) is 2.81. The van der Waals surface area contributed by atoms with Crippen molar-refractivity contribution < 1.29 is 18.7 Å². The zero-order valence-corrected chi connectivity index (χ0v) is 11.6. The van der Waals surface area contributed by atoms with E-state index >= 15 is 0 Å².